The van der Waals surface area contributed by atoms with Gasteiger partial charge in [-0.3, -0.25) is 0 Å². The molecule has 0 heterocycles. The molecule has 0 aromatic rings. The molecule has 2 nitrogen and oxygen atoms in total. The fraction of sp³-hybridized carbons (Fsp3) is 0.667. The van der Waals surface area contributed by atoms with E-state index >= 15 is 0 Å². The summed E-state index contributed by atoms with van der Waals surface area (Å²) in [6.07, 6.45) is 5.03. The first-order valence-corrected chi connectivity index (χ1v) is 4.68. The molecule has 0 aliphatic rings. The van der Waals surface area contributed by atoms with Gasteiger partial charge in [-0.2, -0.15) is 0 Å². The minimum absolute atomic E-state index is 0.0619. The van der Waals surface area contributed by atoms with Gasteiger partial charge >= 0.3 is 0 Å². The molecule has 0 aromatic heterocycles. The van der Waals surface area contributed by atoms with Crippen LogP contribution >= 0.6 is 12.2 Å². The van der Waals surface area contributed by atoms with Crippen LogP contribution in [0.25, 0.3) is 0 Å². The van der Waals surface area contributed by atoms with Crippen LogP contribution in [0.2, 0.25) is 0 Å². The normalized spacial score (nSPS) is 12.9. The van der Waals surface area contributed by atoms with Crippen LogP contribution in [0.5, 0.6) is 0 Å². The van der Waals surface area contributed by atoms with E-state index in [0.717, 1.165) is 13.0 Å². The summed E-state index contributed by atoms with van der Waals surface area (Å²) in [5.41, 5.74) is 0. The summed E-state index contributed by atoms with van der Waals surface area (Å²) < 4.78 is 5.33. The molecule has 0 fully saturated rings. The van der Waals surface area contributed by atoms with Crippen LogP contribution in [0, 0.1) is 0 Å². The van der Waals surface area contributed by atoms with Crippen molar-refractivity contribution in [2.24, 2.45) is 0 Å². The van der Waals surface area contributed by atoms with Gasteiger partial charge in [0.15, 0.2) is 0 Å². The lowest BCUT2D eigenvalue weighted by Gasteiger charge is -2.12. The molecule has 0 aliphatic heterocycles. The monoisotopic (exact) mass is 187 g/mol. The topological polar surface area (TPSA) is 21.3 Å². The number of nitrogens with one attached hydrogen (secondary N) is 1. The number of hydrogen-bond acceptors (Lipinski definition) is 2. The number of thiocarbonyl (C=S) groups is 1. The summed E-state index contributed by atoms with van der Waals surface area (Å²) >= 11 is 4.94. The fourth-order valence-corrected chi connectivity index (χ4v) is 1.00. The van der Waals surface area contributed by atoms with Gasteiger partial charge in [-0.25, -0.2) is 0 Å². The molecule has 0 rings (SSSR count). The van der Waals surface area contributed by atoms with Gasteiger partial charge < -0.3 is 10.1 Å². The van der Waals surface area contributed by atoms with E-state index in [1.807, 2.05) is 26.0 Å². The molecule has 0 radical (unpaired) electrons. The van der Waals surface area contributed by atoms with Gasteiger partial charge in [0.25, 0.3) is 5.17 Å². The second kappa shape index (κ2) is 7.10. The summed E-state index contributed by atoms with van der Waals surface area (Å²) in [7, 11) is 0. The van der Waals surface area contributed by atoms with Gasteiger partial charge in [-0.1, -0.05) is 13.0 Å². The summed E-state index contributed by atoms with van der Waals surface area (Å²) in [5, 5.41) is 3.49. The van der Waals surface area contributed by atoms with E-state index in [1.165, 1.54) is 0 Å². The van der Waals surface area contributed by atoms with Gasteiger partial charge in [-0.05, 0) is 38.6 Å². The van der Waals surface area contributed by atoms with Crippen molar-refractivity contribution < 1.29 is 4.74 Å². The largest absolute Gasteiger partial charge is 0.464 e. The standard InChI is InChI=1S/C9H17NOS/c1-4-6-8(3)11-9(12)10-7-5-2/h4,6,8H,5,7H2,1-3H3,(H,10,12)/b6-4+/t8-/m0/s1. The summed E-state index contributed by atoms with van der Waals surface area (Å²) in [6, 6.07) is 0. The van der Waals surface area contributed by atoms with E-state index in [1.54, 1.807) is 0 Å². The lowest BCUT2D eigenvalue weighted by atomic mass is 10.4. The Hall–Kier alpha value is -0.570. The van der Waals surface area contributed by atoms with E-state index in [0.29, 0.717) is 5.17 Å². The highest BCUT2D eigenvalue weighted by atomic mass is 32.1. The molecule has 0 aromatic carbocycles. The first kappa shape index (κ1) is 11.4. The summed E-state index contributed by atoms with van der Waals surface area (Å²) in [4.78, 5) is 0. The third kappa shape index (κ3) is 6.16. The molecule has 0 saturated heterocycles. The Morgan fingerprint density at radius 2 is 2.33 bits per heavy atom. The van der Waals surface area contributed by atoms with E-state index in [9.17, 15) is 0 Å². The average molecular weight is 187 g/mol. The Morgan fingerprint density at radius 3 is 2.83 bits per heavy atom. The van der Waals surface area contributed by atoms with Crippen molar-refractivity contribution in [1.29, 1.82) is 0 Å². The molecule has 0 bridgehead atoms. The van der Waals surface area contributed by atoms with Crippen molar-refractivity contribution in [2.45, 2.75) is 33.3 Å². The SMILES string of the molecule is C/C=C/[C@H](C)OC(=S)NCCC. The smallest absolute Gasteiger partial charge is 0.257 e. The lowest BCUT2D eigenvalue weighted by Crippen LogP contribution is -2.27. The highest BCUT2D eigenvalue weighted by molar-refractivity contribution is 7.80. The van der Waals surface area contributed by atoms with Crippen molar-refractivity contribution >= 4 is 17.4 Å². The van der Waals surface area contributed by atoms with Crippen LogP contribution in [-0.4, -0.2) is 17.8 Å². The van der Waals surface area contributed by atoms with Gasteiger partial charge in [0.1, 0.15) is 6.10 Å². The molecule has 1 N–H and O–H groups in total. The number of allylic oxidation sites excluding steroid dienone is 1. The molecule has 1 atom stereocenters. The van der Waals surface area contributed by atoms with E-state index in [-0.39, 0.29) is 6.10 Å². The third-order valence-electron chi connectivity index (χ3n) is 1.28. The molecular weight excluding hydrogens is 170 g/mol. The molecule has 0 aliphatic carbocycles. The maximum absolute atomic E-state index is 5.33. The van der Waals surface area contributed by atoms with Crippen LogP contribution in [-0.2, 0) is 4.74 Å². The Balaban J connectivity index is 3.54. The molecule has 3 heteroatoms. The highest BCUT2D eigenvalue weighted by Crippen LogP contribution is 1.93. The molecule has 0 amide bonds. The van der Waals surface area contributed by atoms with Crippen molar-refractivity contribution in [3.63, 3.8) is 0 Å². The number of ether oxygens (including phenoxy) is 1. The molecule has 0 spiro atoms. The second-order valence-electron chi connectivity index (χ2n) is 2.56. The second-order valence-corrected chi connectivity index (χ2v) is 2.93. The Morgan fingerprint density at radius 1 is 1.67 bits per heavy atom. The van der Waals surface area contributed by atoms with Crippen molar-refractivity contribution in [2.75, 3.05) is 6.54 Å². The first-order chi connectivity index (χ1) is 5.70. The molecule has 0 unspecified atom stereocenters. The zero-order valence-electron chi connectivity index (χ0n) is 7.96. The predicted octanol–water partition coefficient (Wildman–Crippen LogP) is 2.25. The van der Waals surface area contributed by atoms with Crippen LogP contribution in [0.4, 0.5) is 0 Å². The van der Waals surface area contributed by atoms with E-state index in [4.69, 9.17) is 17.0 Å². The third-order valence-corrected chi connectivity index (χ3v) is 1.52. The van der Waals surface area contributed by atoms with Crippen molar-refractivity contribution in [1.82, 2.24) is 5.32 Å². The van der Waals surface area contributed by atoms with Crippen molar-refractivity contribution in [3.8, 4) is 0 Å². The average Bonchev–Trinajstić information content (AvgIpc) is 2.01. The lowest BCUT2D eigenvalue weighted by molar-refractivity contribution is 0.251. The van der Waals surface area contributed by atoms with Gasteiger partial charge in [-0.15, -0.1) is 0 Å². The maximum atomic E-state index is 5.33. The number of hydrogen-bond donors (Lipinski definition) is 1. The van der Waals surface area contributed by atoms with Crippen LogP contribution in [0.3, 0.4) is 0 Å². The van der Waals surface area contributed by atoms with Gasteiger partial charge in [0.05, 0.1) is 0 Å². The highest BCUT2D eigenvalue weighted by Gasteiger charge is 1.99. The Labute approximate surface area is 80.0 Å². The summed E-state index contributed by atoms with van der Waals surface area (Å²) in [5.74, 6) is 0. The zero-order chi connectivity index (χ0) is 9.40. The van der Waals surface area contributed by atoms with E-state index in [2.05, 4.69) is 12.2 Å². The minimum atomic E-state index is 0.0619. The van der Waals surface area contributed by atoms with E-state index < -0.39 is 0 Å². The first-order valence-electron chi connectivity index (χ1n) is 4.28. The van der Waals surface area contributed by atoms with Crippen LogP contribution in [0.1, 0.15) is 27.2 Å². The molecule has 0 saturated carbocycles. The Bertz CT molecular complexity index is 157. The number of rotatable bonds is 4. The predicted molar refractivity (Wildman–Crippen MR) is 56.3 cm³/mol. The minimum Gasteiger partial charge on any atom is -0.464 e. The maximum Gasteiger partial charge on any atom is 0.257 e. The van der Waals surface area contributed by atoms with Crippen molar-refractivity contribution in [3.05, 3.63) is 12.2 Å². The Kier molecular flexibility index (Phi) is 6.76. The zero-order valence-corrected chi connectivity index (χ0v) is 8.78. The summed E-state index contributed by atoms with van der Waals surface area (Å²) in [6.45, 7) is 6.88. The quantitative estimate of drug-likeness (QED) is 0.539. The van der Waals surface area contributed by atoms with Crippen LogP contribution < -0.4 is 5.32 Å². The molecule has 12 heavy (non-hydrogen) atoms. The fourth-order valence-electron chi connectivity index (χ4n) is 0.748. The molecular formula is C9H17NOS. The van der Waals surface area contributed by atoms with Gasteiger partial charge in [0, 0.05) is 6.54 Å². The van der Waals surface area contributed by atoms with Crippen LogP contribution in [0.15, 0.2) is 12.2 Å². The molecule has 70 valence electrons. The van der Waals surface area contributed by atoms with Gasteiger partial charge in [0.2, 0.25) is 0 Å².